The first kappa shape index (κ1) is 10.0. The van der Waals surface area contributed by atoms with E-state index in [9.17, 15) is 4.79 Å². The van der Waals surface area contributed by atoms with Gasteiger partial charge in [0.1, 0.15) is 4.60 Å². The third kappa shape index (κ3) is 3.93. The summed E-state index contributed by atoms with van der Waals surface area (Å²) in [4.78, 5) is 14.2. The first-order valence-corrected chi connectivity index (χ1v) is 4.57. The predicted molar refractivity (Wildman–Crippen MR) is 50.1 cm³/mol. The highest BCUT2D eigenvalue weighted by atomic mass is 79.9. The molecule has 5 nitrogen and oxygen atoms in total. The van der Waals surface area contributed by atoms with E-state index in [4.69, 9.17) is 5.73 Å². The van der Waals surface area contributed by atoms with Crippen LogP contribution in [0, 0.1) is 0 Å². The Kier molecular flexibility index (Phi) is 3.75. The van der Waals surface area contributed by atoms with Gasteiger partial charge in [-0.2, -0.15) is 0 Å². The zero-order valence-corrected chi connectivity index (χ0v) is 8.53. The normalized spacial score (nSPS) is 9.92. The summed E-state index contributed by atoms with van der Waals surface area (Å²) in [6, 6.07) is 0. The molecule has 0 bridgehead atoms. The van der Waals surface area contributed by atoms with Crippen molar-refractivity contribution in [1.29, 1.82) is 0 Å². The molecule has 0 fully saturated rings. The number of carbonyl (C=O) groups excluding carboxylic acids is 1. The van der Waals surface area contributed by atoms with Crippen LogP contribution in [0.4, 0.5) is 4.79 Å². The number of carbonyl (C=O) groups is 1. The second kappa shape index (κ2) is 4.86. The molecule has 13 heavy (non-hydrogen) atoms. The van der Waals surface area contributed by atoms with E-state index in [1.807, 2.05) is 10.8 Å². The number of amides is 1. The number of nitrogens with zero attached hydrogens (tertiary/aromatic N) is 2. The van der Waals surface area contributed by atoms with Crippen LogP contribution >= 0.6 is 15.9 Å². The Morgan fingerprint density at radius 3 is 3.08 bits per heavy atom. The summed E-state index contributed by atoms with van der Waals surface area (Å²) in [5.74, 6) is 0. The Hall–Kier alpha value is -1.04. The summed E-state index contributed by atoms with van der Waals surface area (Å²) in [7, 11) is 0. The Balaban J connectivity index is 2.16. The van der Waals surface area contributed by atoms with Gasteiger partial charge in [0.15, 0.2) is 0 Å². The number of rotatable bonds is 4. The van der Waals surface area contributed by atoms with Crippen molar-refractivity contribution in [2.75, 3.05) is 6.61 Å². The summed E-state index contributed by atoms with van der Waals surface area (Å²) in [5, 5.41) is 0. The highest BCUT2D eigenvalue weighted by Crippen LogP contribution is 2.04. The molecule has 1 aromatic heterocycles. The van der Waals surface area contributed by atoms with Crippen molar-refractivity contribution in [3.05, 3.63) is 17.1 Å². The zero-order chi connectivity index (χ0) is 9.68. The van der Waals surface area contributed by atoms with Gasteiger partial charge in [0, 0.05) is 12.7 Å². The van der Waals surface area contributed by atoms with Gasteiger partial charge in [-0.15, -0.1) is 0 Å². The lowest BCUT2D eigenvalue weighted by atomic mass is 10.4. The minimum Gasteiger partial charge on any atom is -0.450 e. The predicted octanol–water partition coefficient (Wildman–Crippen LogP) is 1.13. The molecule has 1 rings (SSSR count). The molecule has 0 unspecified atom stereocenters. The fourth-order valence-corrected chi connectivity index (χ4v) is 1.23. The molecule has 1 amide bonds. The molecule has 6 heteroatoms. The molecule has 1 aromatic rings. The molecule has 0 radical (unpaired) electrons. The topological polar surface area (TPSA) is 70.1 Å². The average Bonchev–Trinajstić information content (AvgIpc) is 2.45. The fraction of sp³-hybridized carbons (Fsp3) is 0.429. The van der Waals surface area contributed by atoms with Gasteiger partial charge in [0.2, 0.25) is 0 Å². The van der Waals surface area contributed by atoms with Crippen molar-refractivity contribution in [2.45, 2.75) is 13.0 Å². The van der Waals surface area contributed by atoms with Gasteiger partial charge in [-0.05, 0) is 22.4 Å². The van der Waals surface area contributed by atoms with E-state index < -0.39 is 6.09 Å². The molecule has 0 saturated heterocycles. The monoisotopic (exact) mass is 247 g/mol. The summed E-state index contributed by atoms with van der Waals surface area (Å²) >= 11 is 3.23. The number of aryl methyl sites for hydroxylation is 1. The van der Waals surface area contributed by atoms with Gasteiger partial charge in [-0.1, -0.05) is 0 Å². The number of nitrogens with two attached hydrogens (primary N) is 1. The van der Waals surface area contributed by atoms with Crippen molar-refractivity contribution in [3.8, 4) is 0 Å². The van der Waals surface area contributed by atoms with Crippen LogP contribution < -0.4 is 5.73 Å². The molecule has 0 atom stereocenters. The van der Waals surface area contributed by atoms with Gasteiger partial charge in [0.05, 0.1) is 12.9 Å². The smallest absolute Gasteiger partial charge is 0.404 e. The third-order valence-corrected chi connectivity index (χ3v) is 1.82. The highest BCUT2D eigenvalue weighted by Gasteiger charge is 1.96. The third-order valence-electron chi connectivity index (χ3n) is 1.41. The number of ether oxygens (including phenoxy) is 1. The van der Waals surface area contributed by atoms with E-state index in [2.05, 4.69) is 25.7 Å². The van der Waals surface area contributed by atoms with E-state index in [0.29, 0.717) is 6.61 Å². The largest absolute Gasteiger partial charge is 0.450 e. The molecule has 0 aromatic carbocycles. The lowest BCUT2D eigenvalue weighted by molar-refractivity contribution is 0.153. The molecule has 0 aliphatic rings. The van der Waals surface area contributed by atoms with Crippen LogP contribution in [0.5, 0.6) is 0 Å². The molecule has 2 N–H and O–H groups in total. The molecule has 0 aliphatic heterocycles. The maximum atomic E-state index is 10.2. The van der Waals surface area contributed by atoms with E-state index in [1.54, 1.807) is 6.33 Å². The van der Waals surface area contributed by atoms with Crippen molar-refractivity contribution >= 4 is 22.0 Å². The number of hydrogen-bond donors (Lipinski definition) is 1. The standard InChI is InChI=1S/C7H10BrN3O2/c8-6-4-11(5-10-6)2-1-3-13-7(9)12/h4-5H,1-3H2,(H2,9,12). The Morgan fingerprint density at radius 2 is 2.54 bits per heavy atom. The minimum atomic E-state index is -0.730. The zero-order valence-electron chi connectivity index (χ0n) is 6.94. The van der Waals surface area contributed by atoms with Crippen LogP contribution in [0.1, 0.15) is 6.42 Å². The summed E-state index contributed by atoms with van der Waals surface area (Å²) in [6.07, 6.45) is 3.55. The quantitative estimate of drug-likeness (QED) is 0.812. The molecule has 0 saturated carbocycles. The van der Waals surface area contributed by atoms with Crippen LogP contribution in [0.15, 0.2) is 17.1 Å². The van der Waals surface area contributed by atoms with Gasteiger partial charge >= 0.3 is 6.09 Å². The highest BCUT2D eigenvalue weighted by molar-refractivity contribution is 9.10. The average molecular weight is 248 g/mol. The van der Waals surface area contributed by atoms with Crippen LogP contribution in [0.2, 0.25) is 0 Å². The fourth-order valence-electron chi connectivity index (χ4n) is 0.875. The minimum absolute atomic E-state index is 0.338. The van der Waals surface area contributed by atoms with Crippen molar-refractivity contribution < 1.29 is 9.53 Å². The van der Waals surface area contributed by atoms with Crippen molar-refractivity contribution in [2.24, 2.45) is 5.73 Å². The first-order valence-electron chi connectivity index (χ1n) is 3.78. The summed E-state index contributed by atoms with van der Waals surface area (Å²) < 4.78 is 7.26. The van der Waals surface area contributed by atoms with Gasteiger partial charge < -0.3 is 15.0 Å². The Bertz CT molecular complexity index is 287. The molecular formula is C7H10BrN3O2. The second-order valence-corrected chi connectivity index (χ2v) is 3.27. The molecular weight excluding hydrogens is 238 g/mol. The van der Waals surface area contributed by atoms with Crippen LogP contribution in [-0.2, 0) is 11.3 Å². The number of primary amides is 1. The maximum absolute atomic E-state index is 10.2. The second-order valence-electron chi connectivity index (χ2n) is 2.46. The van der Waals surface area contributed by atoms with E-state index in [0.717, 1.165) is 17.6 Å². The molecule has 0 aliphatic carbocycles. The lowest BCUT2D eigenvalue weighted by Crippen LogP contribution is -2.14. The van der Waals surface area contributed by atoms with E-state index >= 15 is 0 Å². The molecule has 1 heterocycles. The van der Waals surface area contributed by atoms with Gasteiger partial charge in [0.25, 0.3) is 0 Å². The Morgan fingerprint density at radius 1 is 1.77 bits per heavy atom. The Labute approximate surface area is 84.0 Å². The number of hydrogen-bond acceptors (Lipinski definition) is 3. The van der Waals surface area contributed by atoms with Gasteiger partial charge in [-0.25, -0.2) is 9.78 Å². The van der Waals surface area contributed by atoms with Crippen molar-refractivity contribution in [1.82, 2.24) is 9.55 Å². The molecule has 0 spiro atoms. The lowest BCUT2D eigenvalue weighted by Gasteiger charge is -2.01. The van der Waals surface area contributed by atoms with Crippen LogP contribution in [0.3, 0.4) is 0 Å². The summed E-state index contributed by atoms with van der Waals surface area (Å²) in [5.41, 5.74) is 4.79. The SMILES string of the molecule is NC(=O)OCCCn1cnc(Br)c1. The number of imidazole rings is 1. The molecule has 72 valence electrons. The van der Waals surface area contributed by atoms with E-state index in [-0.39, 0.29) is 0 Å². The van der Waals surface area contributed by atoms with Crippen molar-refractivity contribution in [3.63, 3.8) is 0 Å². The first-order chi connectivity index (χ1) is 6.18. The number of halogens is 1. The maximum Gasteiger partial charge on any atom is 0.404 e. The number of aromatic nitrogens is 2. The van der Waals surface area contributed by atoms with Crippen LogP contribution in [-0.4, -0.2) is 22.3 Å². The van der Waals surface area contributed by atoms with Gasteiger partial charge in [-0.3, -0.25) is 0 Å². The summed E-state index contributed by atoms with van der Waals surface area (Å²) in [6.45, 7) is 1.09. The van der Waals surface area contributed by atoms with E-state index in [1.165, 1.54) is 0 Å². The van der Waals surface area contributed by atoms with Crippen LogP contribution in [0.25, 0.3) is 0 Å².